The van der Waals surface area contributed by atoms with E-state index in [1.54, 1.807) is 4.31 Å². The molecule has 1 aliphatic heterocycles. The van der Waals surface area contributed by atoms with E-state index in [0.717, 1.165) is 43.6 Å². The van der Waals surface area contributed by atoms with Crippen molar-refractivity contribution in [2.45, 2.75) is 36.6 Å². The number of halogens is 2. The van der Waals surface area contributed by atoms with Gasteiger partial charge in [-0.25, -0.2) is 8.42 Å². The number of thiophene rings is 1. The van der Waals surface area contributed by atoms with Crippen molar-refractivity contribution < 1.29 is 8.42 Å². The van der Waals surface area contributed by atoms with Crippen LogP contribution in [0.1, 0.15) is 25.7 Å². The lowest BCUT2D eigenvalue weighted by Gasteiger charge is -2.34. The minimum atomic E-state index is -3.55. The summed E-state index contributed by atoms with van der Waals surface area (Å²) in [6.45, 7) is 1.36. The van der Waals surface area contributed by atoms with Gasteiger partial charge in [-0.15, -0.1) is 11.3 Å². The maximum atomic E-state index is 12.8. The van der Waals surface area contributed by atoms with Crippen LogP contribution in [0.3, 0.4) is 0 Å². The lowest BCUT2D eigenvalue weighted by Crippen LogP contribution is -2.44. The molecule has 1 aliphatic rings. The van der Waals surface area contributed by atoms with E-state index in [1.807, 2.05) is 7.05 Å². The average Bonchev–Trinajstić information content (AvgIpc) is 2.76. The molecule has 0 aliphatic carbocycles. The zero-order valence-corrected chi connectivity index (χ0v) is 14.4. The summed E-state index contributed by atoms with van der Waals surface area (Å²) in [5.41, 5.74) is 0. The van der Waals surface area contributed by atoms with Crippen LogP contribution in [0.25, 0.3) is 0 Å². The quantitative estimate of drug-likeness (QED) is 0.880. The Morgan fingerprint density at radius 1 is 1.45 bits per heavy atom. The molecule has 4 nitrogen and oxygen atoms in total. The molecule has 114 valence electrons. The van der Waals surface area contributed by atoms with Crippen LogP contribution in [0.2, 0.25) is 8.67 Å². The van der Waals surface area contributed by atoms with Crippen molar-refractivity contribution in [2.75, 3.05) is 20.1 Å². The van der Waals surface area contributed by atoms with Gasteiger partial charge in [0.05, 0.1) is 4.34 Å². The van der Waals surface area contributed by atoms with Gasteiger partial charge in [0.1, 0.15) is 9.23 Å². The fraction of sp³-hybridized carbons (Fsp3) is 0.667. The molecule has 8 heteroatoms. The predicted molar refractivity (Wildman–Crippen MR) is 84.4 cm³/mol. The smallest absolute Gasteiger partial charge is 0.245 e. The van der Waals surface area contributed by atoms with Gasteiger partial charge in [-0.05, 0) is 38.9 Å². The van der Waals surface area contributed by atoms with Crippen molar-refractivity contribution in [3.8, 4) is 0 Å². The van der Waals surface area contributed by atoms with E-state index in [2.05, 4.69) is 5.32 Å². The van der Waals surface area contributed by atoms with Crippen molar-refractivity contribution >= 4 is 44.6 Å². The van der Waals surface area contributed by atoms with Crippen LogP contribution in [0, 0.1) is 0 Å². The highest BCUT2D eigenvalue weighted by molar-refractivity contribution is 7.89. The summed E-state index contributed by atoms with van der Waals surface area (Å²) in [4.78, 5) is 0.144. The summed E-state index contributed by atoms with van der Waals surface area (Å²) >= 11 is 13.0. The number of sulfonamides is 1. The van der Waals surface area contributed by atoms with Crippen LogP contribution < -0.4 is 5.32 Å². The molecule has 1 aromatic heterocycles. The number of nitrogens with one attached hydrogen (secondary N) is 1. The number of hydrogen-bond acceptors (Lipinski definition) is 4. The predicted octanol–water partition coefficient (Wildman–Crippen LogP) is 3.21. The van der Waals surface area contributed by atoms with Crippen molar-refractivity contribution in [3.63, 3.8) is 0 Å². The Morgan fingerprint density at radius 2 is 2.20 bits per heavy atom. The second-order valence-corrected chi connectivity index (χ2v) is 8.99. The fourth-order valence-corrected chi connectivity index (χ4v) is 6.36. The first kappa shape index (κ1) is 16.5. The summed E-state index contributed by atoms with van der Waals surface area (Å²) in [6.07, 6.45) is 3.67. The molecule has 0 radical (unpaired) electrons. The highest BCUT2D eigenvalue weighted by Gasteiger charge is 2.35. The molecule has 0 spiro atoms. The molecule has 1 saturated heterocycles. The number of hydrogen-bond donors (Lipinski definition) is 1. The summed E-state index contributed by atoms with van der Waals surface area (Å²) in [5, 5.41) is 3.08. The largest absolute Gasteiger partial charge is 0.320 e. The van der Waals surface area contributed by atoms with Crippen LogP contribution in [0.4, 0.5) is 0 Å². The Hall–Kier alpha value is 0.150. The van der Waals surface area contributed by atoms with Crippen LogP contribution in [-0.4, -0.2) is 38.9 Å². The summed E-state index contributed by atoms with van der Waals surface area (Å²) < 4.78 is 27.8. The number of nitrogens with zero attached hydrogens (tertiary/aromatic N) is 1. The van der Waals surface area contributed by atoms with Crippen molar-refractivity contribution in [3.05, 3.63) is 14.7 Å². The molecule has 0 aromatic carbocycles. The molecule has 20 heavy (non-hydrogen) atoms. The lowest BCUT2D eigenvalue weighted by molar-refractivity contribution is 0.240. The Kier molecular flexibility index (Phi) is 5.73. The Morgan fingerprint density at radius 3 is 2.80 bits per heavy atom. The van der Waals surface area contributed by atoms with Gasteiger partial charge < -0.3 is 5.32 Å². The van der Waals surface area contributed by atoms with Gasteiger partial charge in [-0.2, -0.15) is 4.31 Å². The Labute approximate surface area is 134 Å². The van der Waals surface area contributed by atoms with Gasteiger partial charge in [-0.3, -0.25) is 0 Å². The Balaban J connectivity index is 2.28. The maximum Gasteiger partial charge on any atom is 0.245 e. The third-order valence-corrected chi connectivity index (χ3v) is 7.22. The molecular formula is C12H18Cl2N2O2S2. The fourth-order valence-electron chi connectivity index (χ4n) is 2.52. The molecule has 0 amide bonds. The zero-order valence-electron chi connectivity index (χ0n) is 11.2. The molecular weight excluding hydrogens is 339 g/mol. The van der Waals surface area contributed by atoms with E-state index in [4.69, 9.17) is 23.2 Å². The molecule has 0 bridgehead atoms. The number of rotatable bonds is 5. The van der Waals surface area contributed by atoms with Crippen molar-refractivity contribution in [1.29, 1.82) is 0 Å². The second kappa shape index (κ2) is 6.94. The first-order valence-corrected chi connectivity index (χ1v) is 9.59. The third-order valence-electron chi connectivity index (χ3n) is 3.51. The Bertz CT molecular complexity index is 560. The highest BCUT2D eigenvalue weighted by atomic mass is 35.5. The van der Waals surface area contributed by atoms with Crippen molar-refractivity contribution in [1.82, 2.24) is 9.62 Å². The molecule has 1 N–H and O–H groups in total. The molecule has 2 heterocycles. The van der Waals surface area contributed by atoms with Gasteiger partial charge in [0, 0.05) is 12.6 Å². The first-order valence-electron chi connectivity index (χ1n) is 6.58. The summed E-state index contributed by atoms with van der Waals surface area (Å²) in [6, 6.07) is 1.49. The topological polar surface area (TPSA) is 49.4 Å². The zero-order chi connectivity index (χ0) is 14.8. The van der Waals surface area contributed by atoms with Crippen LogP contribution >= 0.6 is 34.5 Å². The minimum absolute atomic E-state index is 0.0379. The van der Waals surface area contributed by atoms with Gasteiger partial charge >= 0.3 is 0 Å². The van der Waals surface area contributed by atoms with Crippen LogP contribution in [0.15, 0.2) is 11.0 Å². The standard InChI is InChI=1S/C12H18Cl2N2O2S2/c1-15-6-5-9-4-2-3-7-16(9)20(17,18)10-8-11(13)19-12(10)14/h8-9,15H,2-7H2,1H3. The molecule has 1 unspecified atom stereocenters. The van der Waals surface area contributed by atoms with E-state index < -0.39 is 10.0 Å². The molecule has 1 aromatic rings. The van der Waals surface area contributed by atoms with E-state index in [9.17, 15) is 8.42 Å². The van der Waals surface area contributed by atoms with Gasteiger partial charge in [0.2, 0.25) is 10.0 Å². The van der Waals surface area contributed by atoms with Gasteiger partial charge in [-0.1, -0.05) is 29.6 Å². The van der Waals surface area contributed by atoms with E-state index in [0.29, 0.717) is 10.9 Å². The van der Waals surface area contributed by atoms with E-state index in [-0.39, 0.29) is 15.3 Å². The normalized spacial score (nSPS) is 21.2. The lowest BCUT2D eigenvalue weighted by atomic mass is 10.0. The second-order valence-electron chi connectivity index (χ2n) is 4.85. The molecule has 2 rings (SSSR count). The molecule has 1 atom stereocenters. The van der Waals surface area contributed by atoms with Gasteiger partial charge in [0.25, 0.3) is 0 Å². The third kappa shape index (κ3) is 3.48. The first-order chi connectivity index (χ1) is 9.46. The SMILES string of the molecule is CNCCC1CCCCN1S(=O)(=O)c1cc(Cl)sc1Cl. The van der Waals surface area contributed by atoms with E-state index in [1.165, 1.54) is 6.07 Å². The molecule has 0 saturated carbocycles. The number of piperidine rings is 1. The summed E-state index contributed by atoms with van der Waals surface area (Å²) in [5.74, 6) is 0. The average molecular weight is 357 g/mol. The van der Waals surface area contributed by atoms with E-state index >= 15 is 0 Å². The summed E-state index contributed by atoms with van der Waals surface area (Å²) in [7, 11) is -1.68. The minimum Gasteiger partial charge on any atom is -0.320 e. The van der Waals surface area contributed by atoms with Crippen LogP contribution in [-0.2, 0) is 10.0 Å². The monoisotopic (exact) mass is 356 g/mol. The highest BCUT2D eigenvalue weighted by Crippen LogP contribution is 2.37. The maximum absolute atomic E-state index is 12.8. The van der Waals surface area contributed by atoms with Gasteiger partial charge in [0.15, 0.2) is 0 Å². The molecule has 1 fully saturated rings. The van der Waals surface area contributed by atoms with Crippen LogP contribution in [0.5, 0.6) is 0 Å². The van der Waals surface area contributed by atoms with Crippen molar-refractivity contribution in [2.24, 2.45) is 0 Å².